The molecule has 100 valence electrons. The van der Waals surface area contributed by atoms with Crippen LogP contribution in [0, 0.1) is 5.82 Å². The lowest BCUT2D eigenvalue weighted by Gasteiger charge is -2.14. The maximum absolute atomic E-state index is 13.8. The Morgan fingerprint density at radius 2 is 1.89 bits per heavy atom. The predicted molar refractivity (Wildman–Crippen MR) is 73.5 cm³/mol. The molecule has 0 amide bonds. The van der Waals surface area contributed by atoms with Crippen LogP contribution in [-0.4, -0.2) is 12.2 Å². The monoisotopic (exact) mass is 300 g/mol. The first kappa shape index (κ1) is 14.1. The van der Waals surface area contributed by atoms with Crippen LogP contribution in [-0.2, 0) is 0 Å². The molecule has 0 heterocycles. The van der Waals surface area contributed by atoms with Crippen molar-refractivity contribution in [1.82, 2.24) is 0 Å². The van der Waals surface area contributed by atoms with Crippen LogP contribution in [0.3, 0.4) is 0 Å². The van der Waals surface area contributed by atoms with E-state index >= 15 is 0 Å². The molecule has 5 heteroatoms. The lowest BCUT2D eigenvalue weighted by atomic mass is 10.0. The molecule has 2 aromatic rings. The molecule has 0 aliphatic carbocycles. The molecular formula is C14H11Cl2FO2. The lowest BCUT2D eigenvalue weighted by Crippen LogP contribution is -2.03. The van der Waals surface area contributed by atoms with Gasteiger partial charge in [0.1, 0.15) is 17.7 Å². The van der Waals surface area contributed by atoms with E-state index in [1.54, 1.807) is 18.2 Å². The van der Waals surface area contributed by atoms with Gasteiger partial charge < -0.3 is 9.84 Å². The number of halogens is 3. The number of hydrogen-bond acceptors (Lipinski definition) is 2. The summed E-state index contributed by atoms with van der Waals surface area (Å²) in [5, 5.41) is 10.5. The Hall–Kier alpha value is -1.29. The van der Waals surface area contributed by atoms with E-state index in [-0.39, 0.29) is 10.6 Å². The molecule has 0 aromatic heterocycles. The Balaban J connectivity index is 2.41. The molecule has 0 fully saturated rings. The molecule has 2 nitrogen and oxygen atoms in total. The van der Waals surface area contributed by atoms with E-state index in [0.717, 1.165) is 0 Å². The Morgan fingerprint density at radius 3 is 2.53 bits per heavy atom. The van der Waals surface area contributed by atoms with Crippen molar-refractivity contribution in [2.24, 2.45) is 0 Å². The van der Waals surface area contributed by atoms with Crippen LogP contribution < -0.4 is 4.74 Å². The molecule has 1 atom stereocenters. The third kappa shape index (κ3) is 2.84. The molecule has 0 aliphatic rings. The molecule has 0 spiro atoms. The summed E-state index contributed by atoms with van der Waals surface area (Å²) in [6.45, 7) is 0. The van der Waals surface area contributed by atoms with Crippen LogP contribution in [0.25, 0.3) is 0 Å². The van der Waals surface area contributed by atoms with Crippen LogP contribution in [0.4, 0.5) is 4.39 Å². The first-order valence-corrected chi connectivity index (χ1v) is 6.25. The summed E-state index contributed by atoms with van der Waals surface area (Å²) in [6.07, 6.45) is -1.14. The zero-order chi connectivity index (χ0) is 14.0. The quantitative estimate of drug-likeness (QED) is 0.919. The number of rotatable bonds is 3. The smallest absolute Gasteiger partial charge is 0.147 e. The Labute approximate surface area is 120 Å². The number of aliphatic hydroxyl groups is 1. The van der Waals surface area contributed by atoms with Crippen molar-refractivity contribution < 1.29 is 14.2 Å². The van der Waals surface area contributed by atoms with Crippen LogP contribution in [0.15, 0.2) is 36.4 Å². The topological polar surface area (TPSA) is 29.5 Å². The van der Waals surface area contributed by atoms with Gasteiger partial charge in [-0.2, -0.15) is 0 Å². The van der Waals surface area contributed by atoms with Gasteiger partial charge in [-0.1, -0.05) is 41.4 Å². The van der Waals surface area contributed by atoms with E-state index in [1.165, 1.54) is 25.3 Å². The summed E-state index contributed by atoms with van der Waals surface area (Å²) in [7, 11) is 1.49. The molecule has 19 heavy (non-hydrogen) atoms. The van der Waals surface area contributed by atoms with Gasteiger partial charge in [0.2, 0.25) is 0 Å². The van der Waals surface area contributed by atoms with E-state index in [2.05, 4.69) is 0 Å². The highest BCUT2D eigenvalue weighted by Crippen LogP contribution is 2.32. The van der Waals surface area contributed by atoms with Gasteiger partial charge in [-0.05, 0) is 23.8 Å². The SMILES string of the molecule is COc1ccc(C(O)c2cccc(Cl)c2F)cc1Cl. The third-order valence-corrected chi connectivity index (χ3v) is 3.35. The highest BCUT2D eigenvalue weighted by atomic mass is 35.5. The average Bonchev–Trinajstić information content (AvgIpc) is 2.41. The lowest BCUT2D eigenvalue weighted by molar-refractivity contribution is 0.215. The summed E-state index contributed by atoms with van der Waals surface area (Å²) < 4.78 is 18.9. The fourth-order valence-electron chi connectivity index (χ4n) is 1.76. The minimum Gasteiger partial charge on any atom is -0.495 e. The minimum atomic E-state index is -1.14. The second-order valence-electron chi connectivity index (χ2n) is 3.94. The van der Waals surface area contributed by atoms with E-state index in [1.807, 2.05) is 0 Å². The maximum atomic E-state index is 13.8. The summed E-state index contributed by atoms with van der Waals surface area (Å²) in [5.74, 6) is -0.146. The van der Waals surface area contributed by atoms with Gasteiger partial charge in [0.05, 0.1) is 17.2 Å². The molecule has 0 bridgehead atoms. The van der Waals surface area contributed by atoms with Gasteiger partial charge in [-0.25, -0.2) is 4.39 Å². The largest absolute Gasteiger partial charge is 0.495 e. The first-order valence-electron chi connectivity index (χ1n) is 5.50. The zero-order valence-electron chi connectivity index (χ0n) is 10.0. The van der Waals surface area contributed by atoms with E-state index in [0.29, 0.717) is 16.3 Å². The van der Waals surface area contributed by atoms with Crippen LogP contribution in [0.2, 0.25) is 10.0 Å². The molecule has 0 radical (unpaired) electrons. The van der Waals surface area contributed by atoms with Crippen molar-refractivity contribution in [3.05, 3.63) is 63.4 Å². The van der Waals surface area contributed by atoms with Gasteiger partial charge in [0, 0.05) is 5.56 Å². The van der Waals surface area contributed by atoms with Crippen LogP contribution in [0.1, 0.15) is 17.2 Å². The summed E-state index contributed by atoms with van der Waals surface area (Å²) >= 11 is 11.7. The molecule has 0 aliphatic heterocycles. The normalized spacial score (nSPS) is 12.3. The van der Waals surface area contributed by atoms with Crippen molar-refractivity contribution in [3.8, 4) is 5.75 Å². The molecule has 0 saturated heterocycles. The minimum absolute atomic E-state index is 0.0313. The molecule has 0 saturated carbocycles. The van der Waals surface area contributed by atoms with Crippen molar-refractivity contribution >= 4 is 23.2 Å². The molecule has 1 unspecified atom stereocenters. The number of hydrogen-bond donors (Lipinski definition) is 1. The highest BCUT2D eigenvalue weighted by molar-refractivity contribution is 6.32. The standard InChI is InChI=1S/C14H11Cl2FO2/c1-19-12-6-5-8(7-11(12)16)14(18)9-3-2-4-10(15)13(9)17/h2-7,14,18H,1H3. The third-order valence-electron chi connectivity index (χ3n) is 2.77. The molecule has 1 N–H and O–H groups in total. The second kappa shape index (κ2) is 5.78. The number of ether oxygens (including phenoxy) is 1. The van der Waals surface area contributed by atoms with Gasteiger partial charge in [-0.3, -0.25) is 0 Å². The van der Waals surface area contributed by atoms with Crippen molar-refractivity contribution in [2.75, 3.05) is 7.11 Å². The van der Waals surface area contributed by atoms with Crippen molar-refractivity contribution in [2.45, 2.75) is 6.10 Å². The first-order chi connectivity index (χ1) is 9.04. The van der Waals surface area contributed by atoms with Crippen molar-refractivity contribution in [1.29, 1.82) is 0 Å². The van der Waals surface area contributed by atoms with Crippen molar-refractivity contribution in [3.63, 3.8) is 0 Å². The fourth-order valence-corrected chi connectivity index (χ4v) is 2.21. The zero-order valence-corrected chi connectivity index (χ0v) is 11.5. The van der Waals surface area contributed by atoms with Gasteiger partial charge >= 0.3 is 0 Å². The average molecular weight is 301 g/mol. The summed E-state index contributed by atoms with van der Waals surface area (Å²) in [5.41, 5.74) is 0.570. The van der Waals surface area contributed by atoms with Gasteiger partial charge in [0.15, 0.2) is 0 Å². The summed E-state index contributed by atoms with van der Waals surface area (Å²) in [4.78, 5) is 0. The Kier molecular flexibility index (Phi) is 4.30. The Bertz CT molecular complexity index is 602. The van der Waals surface area contributed by atoms with Crippen LogP contribution >= 0.6 is 23.2 Å². The molecular weight excluding hydrogens is 290 g/mol. The highest BCUT2D eigenvalue weighted by Gasteiger charge is 2.17. The number of aliphatic hydroxyl groups excluding tert-OH is 1. The molecule has 2 aromatic carbocycles. The molecule has 2 rings (SSSR count). The second-order valence-corrected chi connectivity index (χ2v) is 4.75. The summed E-state index contributed by atoms with van der Waals surface area (Å²) in [6, 6.07) is 9.25. The van der Waals surface area contributed by atoms with Gasteiger partial charge in [-0.15, -0.1) is 0 Å². The van der Waals surface area contributed by atoms with Crippen LogP contribution in [0.5, 0.6) is 5.75 Å². The van der Waals surface area contributed by atoms with E-state index in [4.69, 9.17) is 27.9 Å². The van der Waals surface area contributed by atoms with E-state index < -0.39 is 11.9 Å². The fraction of sp³-hybridized carbons (Fsp3) is 0.143. The number of benzene rings is 2. The van der Waals surface area contributed by atoms with E-state index in [9.17, 15) is 9.50 Å². The predicted octanol–water partition coefficient (Wildman–Crippen LogP) is 4.22. The number of methoxy groups -OCH3 is 1. The maximum Gasteiger partial charge on any atom is 0.147 e. The van der Waals surface area contributed by atoms with Gasteiger partial charge in [0.25, 0.3) is 0 Å². The Morgan fingerprint density at radius 1 is 1.16 bits per heavy atom.